The molecule has 0 spiro atoms. The molecule has 0 aliphatic rings. The van der Waals surface area contributed by atoms with Crippen molar-refractivity contribution in [3.05, 3.63) is 34.9 Å². The molecule has 0 bridgehead atoms. The van der Waals surface area contributed by atoms with Crippen molar-refractivity contribution < 1.29 is 12.8 Å². The van der Waals surface area contributed by atoms with Gasteiger partial charge in [-0.25, -0.2) is 17.5 Å². The molecule has 0 amide bonds. The highest BCUT2D eigenvalue weighted by Crippen LogP contribution is 2.19. The first-order valence-electron chi connectivity index (χ1n) is 5.83. The van der Waals surface area contributed by atoms with E-state index in [1.165, 1.54) is 6.07 Å². The van der Waals surface area contributed by atoms with Gasteiger partial charge in [0.25, 0.3) is 0 Å². The van der Waals surface area contributed by atoms with E-state index in [0.717, 1.165) is 12.1 Å². The normalized spacial score (nSPS) is 11.6. The second-order valence-corrected chi connectivity index (χ2v) is 6.55. The summed E-state index contributed by atoms with van der Waals surface area (Å²) in [7, 11) is -0.536. The van der Waals surface area contributed by atoms with Crippen LogP contribution in [0, 0.1) is 5.82 Å². The molecule has 2 rings (SSSR count). The summed E-state index contributed by atoms with van der Waals surface area (Å²) in [6, 6.07) is 3.32. The molecule has 21 heavy (non-hydrogen) atoms. The van der Waals surface area contributed by atoms with E-state index in [4.69, 9.17) is 11.6 Å². The topological polar surface area (TPSA) is 91.0 Å². The highest BCUT2D eigenvalue weighted by Gasteiger charge is 2.20. The summed E-state index contributed by atoms with van der Waals surface area (Å²) in [5.74, 6) is -0.152. The van der Waals surface area contributed by atoms with Crippen LogP contribution in [0.3, 0.4) is 0 Å². The first-order valence-corrected chi connectivity index (χ1v) is 7.69. The van der Waals surface area contributed by atoms with E-state index < -0.39 is 20.7 Å². The third-order valence-electron chi connectivity index (χ3n) is 2.53. The average Bonchev–Trinajstić information content (AvgIpc) is 2.88. The van der Waals surface area contributed by atoms with Crippen molar-refractivity contribution in [3.8, 4) is 0 Å². The summed E-state index contributed by atoms with van der Waals surface area (Å²) >= 11 is 5.69. The maximum atomic E-state index is 13.6. The zero-order valence-electron chi connectivity index (χ0n) is 11.3. The fraction of sp³-hybridized carbons (Fsp3) is 0.273. The Morgan fingerprint density at radius 1 is 1.43 bits per heavy atom. The number of nitrogens with one attached hydrogen (secondary N) is 2. The molecule has 1 heterocycles. The molecule has 0 aliphatic heterocycles. The lowest BCUT2D eigenvalue weighted by atomic mass is 10.3. The molecule has 0 unspecified atom stereocenters. The fourth-order valence-electron chi connectivity index (χ4n) is 1.49. The lowest BCUT2D eigenvalue weighted by Crippen LogP contribution is -2.24. The van der Waals surface area contributed by atoms with Crippen LogP contribution in [0.15, 0.2) is 23.1 Å². The molecule has 114 valence electrons. The molecule has 0 saturated heterocycles. The lowest BCUT2D eigenvalue weighted by Gasteiger charge is -2.07. The summed E-state index contributed by atoms with van der Waals surface area (Å²) in [6.07, 6.45) is 0. The van der Waals surface area contributed by atoms with Gasteiger partial charge in [0.1, 0.15) is 16.5 Å². The number of H-pyrrole nitrogens is 1. The third-order valence-corrected chi connectivity index (χ3v) is 4.18. The van der Waals surface area contributed by atoms with E-state index in [1.54, 1.807) is 19.0 Å². The number of anilines is 1. The van der Waals surface area contributed by atoms with Gasteiger partial charge in [0.15, 0.2) is 0 Å². The Morgan fingerprint density at radius 2 is 2.14 bits per heavy atom. The Hall–Kier alpha value is -1.71. The average molecular weight is 334 g/mol. The van der Waals surface area contributed by atoms with Gasteiger partial charge in [0.2, 0.25) is 16.0 Å². The first kappa shape index (κ1) is 15.7. The Balaban J connectivity index is 2.15. The first-order chi connectivity index (χ1) is 9.79. The van der Waals surface area contributed by atoms with Crippen LogP contribution in [-0.4, -0.2) is 37.7 Å². The van der Waals surface area contributed by atoms with Gasteiger partial charge >= 0.3 is 0 Å². The second-order valence-electron chi connectivity index (χ2n) is 4.38. The Kier molecular flexibility index (Phi) is 4.45. The van der Waals surface area contributed by atoms with Gasteiger partial charge in [0.05, 0.1) is 6.54 Å². The molecule has 1 aromatic heterocycles. The predicted molar refractivity (Wildman–Crippen MR) is 76.1 cm³/mol. The van der Waals surface area contributed by atoms with Gasteiger partial charge in [-0.05, 0) is 18.2 Å². The number of aromatic amines is 1. The predicted octanol–water partition coefficient (Wildman–Crippen LogP) is 1.14. The van der Waals surface area contributed by atoms with E-state index in [0.29, 0.717) is 11.8 Å². The molecular formula is C11H13ClFN5O2S. The van der Waals surface area contributed by atoms with E-state index >= 15 is 0 Å². The number of rotatable bonds is 5. The van der Waals surface area contributed by atoms with E-state index in [-0.39, 0.29) is 11.6 Å². The highest BCUT2D eigenvalue weighted by atomic mass is 35.5. The van der Waals surface area contributed by atoms with Crippen LogP contribution < -0.4 is 9.62 Å². The van der Waals surface area contributed by atoms with E-state index in [2.05, 4.69) is 19.9 Å². The molecule has 2 aromatic rings. The molecule has 0 radical (unpaired) electrons. The number of halogens is 2. The van der Waals surface area contributed by atoms with Crippen LogP contribution in [0.5, 0.6) is 0 Å². The van der Waals surface area contributed by atoms with Crippen LogP contribution in [0.1, 0.15) is 5.82 Å². The highest BCUT2D eigenvalue weighted by molar-refractivity contribution is 7.89. The molecule has 0 aliphatic carbocycles. The molecule has 7 nitrogen and oxygen atoms in total. The number of sulfonamides is 1. The van der Waals surface area contributed by atoms with Crippen LogP contribution in [0.25, 0.3) is 0 Å². The largest absolute Gasteiger partial charge is 0.346 e. The maximum Gasteiger partial charge on any atom is 0.244 e. The summed E-state index contributed by atoms with van der Waals surface area (Å²) in [5.41, 5.74) is 0. The van der Waals surface area contributed by atoms with Gasteiger partial charge in [-0.3, -0.25) is 5.10 Å². The van der Waals surface area contributed by atoms with Crippen molar-refractivity contribution in [2.24, 2.45) is 0 Å². The van der Waals surface area contributed by atoms with Crippen LogP contribution in [0.4, 0.5) is 10.3 Å². The smallest absolute Gasteiger partial charge is 0.244 e. The van der Waals surface area contributed by atoms with Crippen molar-refractivity contribution in [2.45, 2.75) is 11.4 Å². The van der Waals surface area contributed by atoms with Crippen molar-refractivity contribution >= 4 is 27.6 Å². The summed E-state index contributed by atoms with van der Waals surface area (Å²) in [5, 5.41) is 6.60. The summed E-state index contributed by atoms with van der Waals surface area (Å²) in [4.78, 5) is 5.21. The minimum absolute atomic E-state index is 0.131. The van der Waals surface area contributed by atoms with Gasteiger partial charge < -0.3 is 4.90 Å². The quantitative estimate of drug-likeness (QED) is 0.856. The third kappa shape index (κ3) is 3.69. The van der Waals surface area contributed by atoms with Crippen LogP contribution in [0.2, 0.25) is 5.02 Å². The zero-order chi connectivity index (χ0) is 15.6. The van der Waals surface area contributed by atoms with Gasteiger partial charge in [-0.2, -0.15) is 4.98 Å². The lowest BCUT2D eigenvalue weighted by molar-refractivity contribution is 0.555. The number of hydrogen-bond donors (Lipinski definition) is 2. The Labute approximate surface area is 126 Å². The summed E-state index contributed by atoms with van der Waals surface area (Å²) in [6.45, 7) is -0.144. The maximum absolute atomic E-state index is 13.6. The molecule has 0 saturated carbocycles. The number of benzene rings is 1. The van der Waals surface area contributed by atoms with Crippen molar-refractivity contribution in [1.29, 1.82) is 0 Å². The molecule has 0 atom stereocenters. The molecular weight excluding hydrogens is 321 g/mol. The number of hydrogen-bond acceptors (Lipinski definition) is 5. The number of nitrogens with zero attached hydrogens (tertiary/aromatic N) is 3. The van der Waals surface area contributed by atoms with Gasteiger partial charge in [0, 0.05) is 19.1 Å². The molecule has 10 heteroatoms. The molecule has 2 N–H and O–H groups in total. The minimum Gasteiger partial charge on any atom is -0.346 e. The fourth-order valence-corrected chi connectivity index (χ4v) is 2.81. The zero-order valence-corrected chi connectivity index (χ0v) is 12.8. The Morgan fingerprint density at radius 3 is 2.76 bits per heavy atom. The molecule has 0 fully saturated rings. The number of aromatic nitrogens is 3. The van der Waals surface area contributed by atoms with Crippen molar-refractivity contribution in [3.63, 3.8) is 0 Å². The van der Waals surface area contributed by atoms with Crippen LogP contribution in [-0.2, 0) is 16.6 Å². The molecule has 1 aromatic carbocycles. The Bertz CT molecular complexity index is 747. The van der Waals surface area contributed by atoms with E-state index in [9.17, 15) is 12.8 Å². The van der Waals surface area contributed by atoms with Crippen LogP contribution >= 0.6 is 11.6 Å². The van der Waals surface area contributed by atoms with Crippen molar-refractivity contribution in [2.75, 3.05) is 19.0 Å². The van der Waals surface area contributed by atoms with Crippen molar-refractivity contribution in [1.82, 2.24) is 19.9 Å². The minimum atomic E-state index is -4.03. The monoisotopic (exact) mass is 333 g/mol. The van der Waals surface area contributed by atoms with Gasteiger partial charge in [-0.15, -0.1) is 5.10 Å². The SMILES string of the molecule is CN(C)c1n[nH]c(CNS(=O)(=O)c2cc(Cl)ccc2F)n1. The van der Waals surface area contributed by atoms with Gasteiger partial charge in [-0.1, -0.05) is 11.6 Å². The standard InChI is InChI=1S/C11H13ClFN5O2S/c1-18(2)11-15-10(16-17-11)6-14-21(19,20)9-5-7(12)3-4-8(9)13/h3-5,14H,6H2,1-2H3,(H,15,16,17). The van der Waals surface area contributed by atoms with E-state index in [1.807, 2.05) is 0 Å². The summed E-state index contributed by atoms with van der Waals surface area (Å²) < 4.78 is 39.9. The second kappa shape index (κ2) is 5.96.